The minimum atomic E-state index is 0.302. The Kier molecular flexibility index (Phi) is 4.07. The molecule has 1 heterocycles. The van der Waals surface area contributed by atoms with Crippen LogP contribution in [0.4, 0.5) is 5.82 Å². The van der Waals surface area contributed by atoms with Gasteiger partial charge in [0.05, 0.1) is 14.2 Å². The second-order valence-corrected chi connectivity index (χ2v) is 3.83. The van der Waals surface area contributed by atoms with Gasteiger partial charge in [0, 0.05) is 11.8 Å². The van der Waals surface area contributed by atoms with Crippen molar-refractivity contribution in [2.75, 3.05) is 20.0 Å². The summed E-state index contributed by atoms with van der Waals surface area (Å²) >= 11 is 0. The lowest BCUT2D eigenvalue weighted by Gasteiger charge is -2.14. The number of benzene rings is 1. The second kappa shape index (κ2) is 5.95. The molecule has 5 nitrogen and oxygen atoms in total. The van der Waals surface area contributed by atoms with Crippen LogP contribution in [0.3, 0.4) is 0 Å². The Labute approximate surface area is 111 Å². The Morgan fingerprint density at radius 3 is 2.32 bits per heavy atom. The standard InChI is InChI=1S/C14H16N2O3/c1-17-11-6-3-7-12(18-2)13(11)19-9-10-5-4-8-16-14(10)15/h3-8H,9H2,1-2H3,(H2,15,16). The number of nitrogens with zero attached hydrogens (tertiary/aromatic N) is 1. The molecule has 100 valence electrons. The highest BCUT2D eigenvalue weighted by Gasteiger charge is 2.12. The lowest BCUT2D eigenvalue weighted by molar-refractivity contribution is 0.266. The first-order valence-electron chi connectivity index (χ1n) is 5.79. The molecular weight excluding hydrogens is 244 g/mol. The van der Waals surface area contributed by atoms with E-state index in [1.165, 1.54) is 0 Å². The van der Waals surface area contributed by atoms with E-state index >= 15 is 0 Å². The van der Waals surface area contributed by atoms with Gasteiger partial charge in [0.2, 0.25) is 5.75 Å². The van der Waals surface area contributed by atoms with Gasteiger partial charge in [-0.15, -0.1) is 0 Å². The number of methoxy groups -OCH3 is 2. The number of rotatable bonds is 5. The molecule has 2 N–H and O–H groups in total. The van der Waals surface area contributed by atoms with Crippen LogP contribution in [0.25, 0.3) is 0 Å². The minimum Gasteiger partial charge on any atom is -0.493 e. The molecule has 0 saturated carbocycles. The predicted octanol–water partition coefficient (Wildman–Crippen LogP) is 2.26. The van der Waals surface area contributed by atoms with Gasteiger partial charge in [0.25, 0.3) is 0 Å². The van der Waals surface area contributed by atoms with Gasteiger partial charge in [-0.25, -0.2) is 4.98 Å². The molecule has 1 aromatic heterocycles. The molecule has 0 aliphatic heterocycles. The maximum absolute atomic E-state index is 5.77. The van der Waals surface area contributed by atoms with E-state index in [0.29, 0.717) is 29.7 Å². The van der Waals surface area contributed by atoms with E-state index in [2.05, 4.69) is 4.98 Å². The molecule has 2 rings (SSSR count). The largest absolute Gasteiger partial charge is 0.493 e. The van der Waals surface area contributed by atoms with Crippen LogP contribution < -0.4 is 19.9 Å². The van der Waals surface area contributed by atoms with Crippen LogP contribution in [0.5, 0.6) is 17.2 Å². The van der Waals surface area contributed by atoms with Gasteiger partial charge in [-0.2, -0.15) is 0 Å². The maximum Gasteiger partial charge on any atom is 0.203 e. The van der Waals surface area contributed by atoms with E-state index in [4.69, 9.17) is 19.9 Å². The number of para-hydroxylation sites is 1. The van der Waals surface area contributed by atoms with E-state index in [1.54, 1.807) is 20.4 Å². The lowest BCUT2D eigenvalue weighted by Crippen LogP contribution is -2.03. The zero-order chi connectivity index (χ0) is 13.7. The summed E-state index contributed by atoms with van der Waals surface area (Å²) in [6, 6.07) is 9.14. The summed E-state index contributed by atoms with van der Waals surface area (Å²) in [5.41, 5.74) is 6.59. The molecule has 0 aliphatic rings. The Morgan fingerprint density at radius 2 is 1.74 bits per heavy atom. The number of nitrogens with two attached hydrogens (primary N) is 1. The van der Waals surface area contributed by atoms with Crippen molar-refractivity contribution in [1.82, 2.24) is 4.98 Å². The van der Waals surface area contributed by atoms with Crippen molar-refractivity contribution in [3.63, 3.8) is 0 Å². The van der Waals surface area contributed by atoms with Crippen molar-refractivity contribution in [2.24, 2.45) is 0 Å². The Balaban J connectivity index is 2.21. The Hall–Kier alpha value is -2.43. The average Bonchev–Trinajstić information content (AvgIpc) is 2.46. The molecule has 1 aromatic carbocycles. The van der Waals surface area contributed by atoms with Gasteiger partial charge in [-0.1, -0.05) is 12.1 Å². The normalized spacial score (nSPS) is 10.0. The molecule has 0 amide bonds. The Morgan fingerprint density at radius 1 is 1.05 bits per heavy atom. The number of ether oxygens (including phenoxy) is 3. The van der Waals surface area contributed by atoms with Crippen molar-refractivity contribution in [3.05, 3.63) is 42.1 Å². The van der Waals surface area contributed by atoms with Crippen molar-refractivity contribution in [3.8, 4) is 17.2 Å². The van der Waals surface area contributed by atoms with Gasteiger partial charge in [0.15, 0.2) is 11.5 Å². The van der Waals surface area contributed by atoms with Gasteiger partial charge >= 0.3 is 0 Å². The first-order valence-corrected chi connectivity index (χ1v) is 5.79. The SMILES string of the molecule is COc1cccc(OC)c1OCc1cccnc1N. The Bertz CT molecular complexity index is 536. The van der Waals surface area contributed by atoms with Gasteiger partial charge in [0.1, 0.15) is 12.4 Å². The molecular formula is C14H16N2O3. The smallest absolute Gasteiger partial charge is 0.203 e. The van der Waals surface area contributed by atoms with E-state index in [0.717, 1.165) is 5.56 Å². The van der Waals surface area contributed by atoms with E-state index in [-0.39, 0.29) is 0 Å². The lowest BCUT2D eigenvalue weighted by atomic mass is 10.2. The number of hydrogen-bond donors (Lipinski definition) is 1. The van der Waals surface area contributed by atoms with Crippen LogP contribution in [0, 0.1) is 0 Å². The molecule has 0 saturated heterocycles. The molecule has 5 heteroatoms. The summed E-state index contributed by atoms with van der Waals surface area (Å²) in [4.78, 5) is 4.01. The number of hydrogen-bond acceptors (Lipinski definition) is 5. The van der Waals surface area contributed by atoms with E-state index in [1.807, 2.05) is 30.3 Å². The predicted molar refractivity (Wildman–Crippen MR) is 72.5 cm³/mol. The third-order valence-electron chi connectivity index (χ3n) is 2.68. The molecule has 0 radical (unpaired) electrons. The van der Waals surface area contributed by atoms with Crippen molar-refractivity contribution >= 4 is 5.82 Å². The van der Waals surface area contributed by atoms with E-state index in [9.17, 15) is 0 Å². The van der Waals surface area contributed by atoms with E-state index < -0.39 is 0 Å². The van der Waals surface area contributed by atoms with Crippen molar-refractivity contribution < 1.29 is 14.2 Å². The highest BCUT2D eigenvalue weighted by molar-refractivity contribution is 5.51. The first kappa shape index (κ1) is 13.0. The molecule has 2 aromatic rings. The zero-order valence-electron chi connectivity index (χ0n) is 10.9. The molecule has 0 fully saturated rings. The summed E-state index contributed by atoms with van der Waals surface area (Å²) in [7, 11) is 3.17. The molecule has 0 spiro atoms. The number of aromatic nitrogens is 1. The fourth-order valence-corrected chi connectivity index (χ4v) is 1.68. The summed E-state index contributed by atoms with van der Waals surface area (Å²) in [5, 5.41) is 0. The van der Waals surface area contributed by atoms with Gasteiger partial charge in [-0.05, 0) is 18.2 Å². The first-order chi connectivity index (χ1) is 9.26. The molecule has 0 bridgehead atoms. The monoisotopic (exact) mass is 260 g/mol. The molecule has 0 unspecified atom stereocenters. The summed E-state index contributed by atoms with van der Waals surface area (Å²) < 4.78 is 16.3. The summed E-state index contributed by atoms with van der Waals surface area (Å²) in [5.74, 6) is 2.23. The fourth-order valence-electron chi connectivity index (χ4n) is 1.68. The fraction of sp³-hybridized carbons (Fsp3) is 0.214. The second-order valence-electron chi connectivity index (χ2n) is 3.83. The topological polar surface area (TPSA) is 66.6 Å². The minimum absolute atomic E-state index is 0.302. The molecule has 0 atom stereocenters. The van der Waals surface area contributed by atoms with Crippen molar-refractivity contribution in [1.29, 1.82) is 0 Å². The van der Waals surface area contributed by atoms with Crippen molar-refractivity contribution in [2.45, 2.75) is 6.61 Å². The average molecular weight is 260 g/mol. The number of pyridine rings is 1. The quantitative estimate of drug-likeness (QED) is 0.893. The van der Waals surface area contributed by atoms with Crippen LogP contribution in [0.1, 0.15) is 5.56 Å². The van der Waals surface area contributed by atoms with Crippen LogP contribution in [-0.2, 0) is 6.61 Å². The van der Waals surface area contributed by atoms with Crippen LogP contribution in [0.2, 0.25) is 0 Å². The van der Waals surface area contributed by atoms with Gasteiger partial charge in [-0.3, -0.25) is 0 Å². The number of nitrogen functional groups attached to an aromatic ring is 1. The summed E-state index contributed by atoms with van der Waals surface area (Å²) in [6.07, 6.45) is 1.64. The summed E-state index contributed by atoms with van der Waals surface area (Å²) in [6.45, 7) is 0.302. The van der Waals surface area contributed by atoms with Gasteiger partial charge < -0.3 is 19.9 Å². The highest BCUT2D eigenvalue weighted by Crippen LogP contribution is 2.37. The third kappa shape index (κ3) is 2.88. The third-order valence-corrected chi connectivity index (χ3v) is 2.68. The van der Waals surface area contributed by atoms with Crippen LogP contribution >= 0.6 is 0 Å². The molecule has 0 aliphatic carbocycles. The zero-order valence-corrected chi connectivity index (χ0v) is 10.9. The maximum atomic E-state index is 5.77. The van der Waals surface area contributed by atoms with Crippen LogP contribution in [-0.4, -0.2) is 19.2 Å². The highest BCUT2D eigenvalue weighted by atomic mass is 16.5. The van der Waals surface area contributed by atoms with Crippen LogP contribution in [0.15, 0.2) is 36.5 Å². The molecule has 19 heavy (non-hydrogen) atoms. The number of anilines is 1.